The van der Waals surface area contributed by atoms with Gasteiger partial charge in [-0.1, -0.05) is 53.2 Å². The lowest BCUT2D eigenvalue weighted by Crippen LogP contribution is -2.31. The van der Waals surface area contributed by atoms with Gasteiger partial charge in [-0.05, 0) is 12.1 Å². The summed E-state index contributed by atoms with van der Waals surface area (Å²) in [6, 6.07) is 10.5. The van der Waals surface area contributed by atoms with Gasteiger partial charge in [0.25, 0.3) is 0 Å². The van der Waals surface area contributed by atoms with Crippen LogP contribution in [-0.2, 0) is 0 Å². The molecule has 0 radical (unpaired) electrons. The van der Waals surface area contributed by atoms with Crippen LogP contribution in [0.25, 0.3) is 0 Å². The number of alkyl halides is 1. The molecule has 0 fully saturated rings. The van der Waals surface area contributed by atoms with E-state index in [-0.39, 0.29) is 6.61 Å². The molecule has 1 rings (SSSR count). The number of nitrogens with zero attached hydrogens (tertiary/aromatic N) is 1. The SMILES string of the molecule is CCN(CCO)CC(CBr)c1ccccc1. The van der Waals surface area contributed by atoms with Gasteiger partial charge in [0.1, 0.15) is 0 Å². The highest BCUT2D eigenvalue weighted by atomic mass is 79.9. The summed E-state index contributed by atoms with van der Waals surface area (Å²) in [4.78, 5) is 2.28. The molecule has 0 saturated heterocycles. The van der Waals surface area contributed by atoms with Gasteiger partial charge in [0.05, 0.1) is 6.61 Å². The van der Waals surface area contributed by atoms with Crippen LogP contribution in [0.2, 0.25) is 0 Å². The second kappa shape index (κ2) is 7.82. The highest BCUT2D eigenvalue weighted by Crippen LogP contribution is 2.19. The third kappa shape index (κ3) is 4.24. The maximum absolute atomic E-state index is 8.97. The Hall–Kier alpha value is -0.380. The minimum atomic E-state index is 0.234. The van der Waals surface area contributed by atoms with E-state index in [4.69, 9.17) is 5.11 Å². The van der Waals surface area contributed by atoms with Gasteiger partial charge in [0, 0.05) is 24.3 Å². The molecule has 1 N–H and O–H groups in total. The molecule has 0 aliphatic carbocycles. The van der Waals surface area contributed by atoms with Crippen molar-refractivity contribution in [1.82, 2.24) is 4.90 Å². The maximum Gasteiger partial charge on any atom is 0.0558 e. The zero-order valence-corrected chi connectivity index (χ0v) is 11.4. The lowest BCUT2D eigenvalue weighted by molar-refractivity contribution is 0.197. The van der Waals surface area contributed by atoms with Crippen molar-refractivity contribution in [2.75, 3.05) is 31.6 Å². The highest BCUT2D eigenvalue weighted by molar-refractivity contribution is 9.09. The molecule has 0 amide bonds. The third-order valence-electron chi connectivity index (χ3n) is 2.80. The first-order valence-corrected chi connectivity index (χ1v) is 6.88. The molecule has 1 unspecified atom stereocenters. The van der Waals surface area contributed by atoms with E-state index in [0.717, 1.165) is 25.0 Å². The monoisotopic (exact) mass is 285 g/mol. The Morgan fingerprint density at radius 2 is 2.00 bits per heavy atom. The molecule has 2 nitrogen and oxygen atoms in total. The minimum absolute atomic E-state index is 0.234. The normalized spacial score (nSPS) is 13.0. The van der Waals surface area contributed by atoms with E-state index in [2.05, 4.69) is 52.0 Å². The van der Waals surface area contributed by atoms with Crippen LogP contribution in [0.4, 0.5) is 0 Å². The van der Waals surface area contributed by atoms with Crippen LogP contribution in [0, 0.1) is 0 Å². The second-order valence-electron chi connectivity index (χ2n) is 3.88. The van der Waals surface area contributed by atoms with Crippen LogP contribution in [0.15, 0.2) is 30.3 Å². The predicted molar refractivity (Wildman–Crippen MR) is 72.2 cm³/mol. The smallest absolute Gasteiger partial charge is 0.0558 e. The molecule has 3 heteroatoms. The molecule has 0 heterocycles. The van der Waals surface area contributed by atoms with Crippen molar-refractivity contribution in [3.63, 3.8) is 0 Å². The highest BCUT2D eigenvalue weighted by Gasteiger charge is 2.13. The van der Waals surface area contributed by atoms with Gasteiger partial charge in [0.15, 0.2) is 0 Å². The summed E-state index contributed by atoms with van der Waals surface area (Å²) in [7, 11) is 0. The molecule has 0 aliphatic rings. The van der Waals surface area contributed by atoms with Crippen LogP contribution in [0.5, 0.6) is 0 Å². The van der Waals surface area contributed by atoms with Crippen molar-refractivity contribution >= 4 is 15.9 Å². The lowest BCUT2D eigenvalue weighted by atomic mass is 10.0. The first-order chi connectivity index (χ1) is 7.81. The molecule has 0 spiro atoms. The van der Waals surface area contributed by atoms with E-state index in [1.165, 1.54) is 5.56 Å². The molecule has 1 atom stereocenters. The van der Waals surface area contributed by atoms with Gasteiger partial charge in [-0.2, -0.15) is 0 Å². The van der Waals surface area contributed by atoms with Crippen molar-refractivity contribution in [2.45, 2.75) is 12.8 Å². The Kier molecular flexibility index (Phi) is 6.69. The summed E-state index contributed by atoms with van der Waals surface area (Å²) in [6.45, 7) is 5.10. The van der Waals surface area contributed by atoms with E-state index in [0.29, 0.717) is 5.92 Å². The summed E-state index contributed by atoms with van der Waals surface area (Å²) in [5.41, 5.74) is 1.36. The van der Waals surface area contributed by atoms with Crippen LogP contribution < -0.4 is 0 Å². The number of hydrogen-bond acceptors (Lipinski definition) is 2. The number of aliphatic hydroxyl groups excluding tert-OH is 1. The molecule has 0 bridgehead atoms. The number of halogens is 1. The topological polar surface area (TPSA) is 23.5 Å². The fourth-order valence-electron chi connectivity index (χ4n) is 1.80. The minimum Gasteiger partial charge on any atom is -0.395 e. The summed E-state index contributed by atoms with van der Waals surface area (Å²) >= 11 is 3.57. The summed E-state index contributed by atoms with van der Waals surface area (Å²) in [6.07, 6.45) is 0. The van der Waals surface area contributed by atoms with Crippen LogP contribution in [0.1, 0.15) is 18.4 Å². The van der Waals surface area contributed by atoms with Gasteiger partial charge in [-0.15, -0.1) is 0 Å². The zero-order chi connectivity index (χ0) is 11.8. The second-order valence-corrected chi connectivity index (χ2v) is 4.53. The predicted octanol–water partition coefficient (Wildman–Crippen LogP) is 2.48. The van der Waals surface area contributed by atoms with E-state index in [1.54, 1.807) is 0 Å². The number of likely N-dealkylation sites (N-methyl/N-ethyl adjacent to an activating group) is 1. The van der Waals surface area contributed by atoms with Gasteiger partial charge >= 0.3 is 0 Å². The summed E-state index contributed by atoms with van der Waals surface area (Å²) in [5.74, 6) is 0.493. The Bertz CT molecular complexity index is 279. The number of benzene rings is 1. The third-order valence-corrected chi connectivity index (χ3v) is 3.58. The first kappa shape index (κ1) is 13.7. The molecule has 90 valence electrons. The maximum atomic E-state index is 8.97. The molecule has 0 saturated carbocycles. The fraction of sp³-hybridized carbons (Fsp3) is 0.538. The molecule has 1 aromatic rings. The number of aliphatic hydroxyl groups is 1. The van der Waals surface area contributed by atoms with Gasteiger partial charge in [0.2, 0.25) is 0 Å². The molecule has 16 heavy (non-hydrogen) atoms. The van der Waals surface area contributed by atoms with E-state index < -0.39 is 0 Å². The number of rotatable bonds is 7. The van der Waals surface area contributed by atoms with Crippen LogP contribution in [0.3, 0.4) is 0 Å². The van der Waals surface area contributed by atoms with Gasteiger partial charge in [-0.25, -0.2) is 0 Å². The Balaban J connectivity index is 2.61. The van der Waals surface area contributed by atoms with E-state index >= 15 is 0 Å². The lowest BCUT2D eigenvalue weighted by Gasteiger charge is -2.24. The van der Waals surface area contributed by atoms with Crippen molar-refractivity contribution in [1.29, 1.82) is 0 Å². The van der Waals surface area contributed by atoms with Gasteiger partial charge in [-0.3, -0.25) is 0 Å². The Morgan fingerprint density at radius 3 is 2.50 bits per heavy atom. The van der Waals surface area contributed by atoms with Crippen molar-refractivity contribution < 1.29 is 5.11 Å². The largest absolute Gasteiger partial charge is 0.395 e. The molecule has 0 aromatic heterocycles. The van der Waals surface area contributed by atoms with Crippen molar-refractivity contribution in [3.05, 3.63) is 35.9 Å². The molecule has 1 aromatic carbocycles. The Morgan fingerprint density at radius 1 is 1.31 bits per heavy atom. The van der Waals surface area contributed by atoms with Crippen LogP contribution >= 0.6 is 15.9 Å². The Labute approximate surface area is 106 Å². The zero-order valence-electron chi connectivity index (χ0n) is 9.77. The average Bonchev–Trinajstić information content (AvgIpc) is 2.35. The summed E-state index contributed by atoms with van der Waals surface area (Å²) in [5, 5.41) is 9.93. The molecular weight excluding hydrogens is 266 g/mol. The van der Waals surface area contributed by atoms with Crippen molar-refractivity contribution in [2.24, 2.45) is 0 Å². The summed E-state index contributed by atoms with van der Waals surface area (Å²) < 4.78 is 0. The standard InChI is InChI=1S/C13H20BrNO/c1-2-15(8-9-16)11-13(10-14)12-6-4-3-5-7-12/h3-7,13,16H,2,8-11H2,1H3. The fourth-order valence-corrected chi connectivity index (χ4v) is 2.38. The van der Waals surface area contributed by atoms with E-state index in [1.807, 2.05) is 6.07 Å². The number of hydrogen-bond donors (Lipinski definition) is 1. The van der Waals surface area contributed by atoms with Crippen LogP contribution in [-0.4, -0.2) is 41.6 Å². The quantitative estimate of drug-likeness (QED) is 0.778. The molecule has 0 aliphatic heterocycles. The van der Waals surface area contributed by atoms with Gasteiger partial charge < -0.3 is 10.0 Å². The first-order valence-electron chi connectivity index (χ1n) is 5.76. The average molecular weight is 286 g/mol. The molecular formula is C13H20BrNO. The van der Waals surface area contributed by atoms with Crippen molar-refractivity contribution in [3.8, 4) is 0 Å². The van der Waals surface area contributed by atoms with E-state index in [9.17, 15) is 0 Å².